The number of unbranched alkanes of at least 4 members (excludes halogenated alkanes) is 2. The Hall–Kier alpha value is -0.220. The van der Waals surface area contributed by atoms with E-state index in [2.05, 4.69) is 11.6 Å². The maximum absolute atomic E-state index is 10.3. The Morgan fingerprint density at radius 3 is 2.75 bits per heavy atom. The first-order chi connectivity index (χ1) is 5.68. The molecular formula is C8H17NO2S. The van der Waals surface area contributed by atoms with E-state index < -0.39 is 12.0 Å². The second kappa shape index (κ2) is 7.43. The van der Waals surface area contributed by atoms with Crippen molar-refractivity contribution in [3.8, 4) is 0 Å². The van der Waals surface area contributed by atoms with Crippen molar-refractivity contribution >= 4 is 17.9 Å². The quantitative estimate of drug-likeness (QED) is 0.476. The molecule has 0 saturated heterocycles. The molecule has 12 heavy (non-hydrogen) atoms. The Labute approximate surface area is 78.1 Å². The second-order valence-corrected chi connectivity index (χ2v) is 3.67. The van der Waals surface area contributed by atoms with Crippen LogP contribution in [0.15, 0.2) is 0 Å². The molecule has 0 saturated carbocycles. The van der Waals surface area contributed by atoms with Crippen LogP contribution >= 0.6 is 11.9 Å². The normalized spacial score (nSPS) is 12.8. The van der Waals surface area contributed by atoms with Crippen molar-refractivity contribution in [2.24, 2.45) is 0 Å². The van der Waals surface area contributed by atoms with Gasteiger partial charge in [-0.2, -0.15) is 0 Å². The van der Waals surface area contributed by atoms with Crippen molar-refractivity contribution in [2.75, 3.05) is 5.75 Å². The average molecular weight is 191 g/mol. The number of nitrogens with one attached hydrogen (secondary N) is 1. The first-order valence-electron chi connectivity index (χ1n) is 4.28. The lowest BCUT2D eigenvalue weighted by Gasteiger charge is -2.06. The van der Waals surface area contributed by atoms with Gasteiger partial charge in [0.05, 0.1) is 0 Å². The lowest BCUT2D eigenvalue weighted by molar-refractivity contribution is -0.138. The molecule has 0 aliphatic heterocycles. The molecule has 0 spiro atoms. The molecule has 0 heterocycles. The molecule has 2 N–H and O–H groups in total. The number of carboxylic acids is 1. The van der Waals surface area contributed by atoms with Crippen LogP contribution in [0.3, 0.4) is 0 Å². The number of hydrogen-bond acceptors (Lipinski definition) is 3. The zero-order valence-electron chi connectivity index (χ0n) is 7.67. The van der Waals surface area contributed by atoms with E-state index in [0.717, 1.165) is 12.2 Å². The van der Waals surface area contributed by atoms with E-state index in [1.54, 1.807) is 6.92 Å². The van der Waals surface area contributed by atoms with E-state index in [-0.39, 0.29) is 0 Å². The first-order valence-corrected chi connectivity index (χ1v) is 5.27. The van der Waals surface area contributed by atoms with Crippen LogP contribution in [0.5, 0.6) is 0 Å². The summed E-state index contributed by atoms with van der Waals surface area (Å²) in [5.74, 6) is 0.198. The maximum Gasteiger partial charge on any atom is 0.321 e. The van der Waals surface area contributed by atoms with Crippen molar-refractivity contribution in [2.45, 2.75) is 39.2 Å². The third kappa shape index (κ3) is 6.49. The minimum atomic E-state index is -0.794. The average Bonchev–Trinajstić information content (AvgIpc) is 2.03. The van der Waals surface area contributed by atoms with Crippen LogP contribution in [0.4, 0.5) is 0 Å². The highest BCUT2D eigenvalue weighted by atomic mass is 32.2. The fourth-order valence-electron chi connectivity index (χ4n) is 0.659. The molecule has 0 aliphatic carbocycles. The molecule has 1 atom stereocenters. The van der Waals surface area contributed by atoms with Crippen molar-refractivity contribution in [3.05, 3.63) is 0 Å². The summed E-state index contributed by atoms with van der Waals surface area (Å²) >= 11 is 1.50. The van der Waals surface area contributed by atoms with E-state index in [4.69, 9.17) is 5.11 Å². The predicted octanol–water partition coefficient (Wildman–Crippen LogP) is 1.89. The maximum atomic E-state index is 10.3. The third-order valence-electron chi connectivity index (χ3n) is 1.48. The lowest BCUT2D eigenvalue weighted by Crippen LogP contribution is -2.28. The molecule has 0 bridgehead atoms. The summed E-state index contributed by atoms with van der Waals surface area (Å²) in [7, 11) is 0. The van der Waals surface area contributed by atoms with Gasteiger partial charge in [-0.1, -0.05) is 31.7 Å². The summed E-state index contributed by atoms with van der Waals surface area (Å²) in [4.78, 5) is 10.3. The van der Waals surface area contributed by atoms with Crippen LogP contribution in [-0.2, 0) is 4.79 Å². The lowest BCUT2D eigenvalue weighted by atomic mass is 10.3. The van der Waals surface area contributed by atoms with Gasteiger partial charge in [-0.3, -0.25) is 9.52 Å². The first kappa shape index (κ1) is 11.8. The Morgan fingerprint density at radius 1 is 1.58 bits per heavy atom. The van der Waals surface area contributed by atoms with E-state index in [0.29, 0.717) is 0 Å². The molecule has 3 nitrogen and oxygen atoms in total. The molecule has 0 fully saturated rings. The molecule has 0 amide bonds. The molecule has 0 aromatic rings. The summed E-state index contributed by atoms with van der Waals surface area (Å²) < 4.78 is 2.86. The van der Waals surface area contributed by atoms with Crippen LogP contribution in [0.1, 0.15) is 33.1 Å². The van der Waals surface area contributed by atoms with E-state index >= 15 is 0 Å². The van der Waals surface area contributed by atoms with Gasteiger partial charge in [0.1, 0.15) is 6.04 Å². The third-order valence-corrected chi connectivity index (χ3v) is 2.49. The molecule has 0 aliphatic rings. The highest BCUT2D eigenvalue weighted by Crippen LogP contribution is 2.03. The highest BCUT2D eigenvalue weighted by Gasteiger charge is 2.08. The topological polar surface area (TPSA) is 49.3 Å². The van der Waals surface area contributed by atoms with Gasteiger partial charge in [-0.25, -0.2) is 0 Å². The fraction of sp³-hybridized carbons (Fsp3) is 0.875. The Bertz CT molecular complexity index is 130. The Morgan fingerprint density at radius 2 is 2.25 bits per heavy atom. The van der Waals surface area contributed by atoms with Gasteiger partial charge in [0, 0.05) is 5.75 Å². The van der Waals surface area contributed by atoms with Crippen LogP contribution in [-0.4, -0.2) is 22.9 Å². The highest BCUT2D eigenvalue weighted by molar-refractivity contribution is 7.97. The SMILES string of the molecule is CCCCCSN[C@@H](C)C(=O)O. The number of rotatable bonds is 7. The molecule has 0 aromatic carbocycles. The number of carbonyl (C=O) groups is 1. The molecule has 0 aromatic heterocycles. The predicted molar refractivity (Wildman–Crippen MR) is 52.2 cm³/mol. The van der Waals surface area contributed by atoms with Gasteiger partial charge in [0.15, 0.2) is 0 Å². The van der Waals surface area contributed by atoms with Gasteiger partial charge in [-0.15, -0.1) is 0 Å². The zero-order valence-corrected chi connectivity index (χ0v) is 8.49. The minimum absolute atomic E-state index is 0.448. The van der Waals surface area contributed by atoms with Crippen LogP contribution < -0.4 is 4.72 Å². The standard InChI is InChI=1S/C8H17NO2S/c1-3-4-5-6-12-9-7(2)8(10)11/h7,9H,3-6H2,1-2H3,(H,10,11)/t7-/m0/s1. The second-order valence-electron chi connectivity index (χ2n) is 2.73. The van der Waals surface area contributed by atoms with E-state index in [9.17, 15) is 4.79 Å². The molecule has 0 unspecified atom stereocenters. The van der Waals surface area contributed by atoms with Gasteiger partial charge in [0.25, 0.3) is 0 Å². The number of carboxylic acid groups (broad SMARTS) is 1. The van der Waals surface area contributed by atoms with Crippen LogP contribution in [0.25, 0.3) is 0 Å². The Kier molecular flexibility index (Phi) is 7.29. The smallest absolute Gasteiger partial charge is 0.321 e. The minimum Gasteiger partial charge on any atom is -0.480 e. The summed E-state index contributed by atoms with van der Waals surface area (Å²) in [5, 5.41) is 8.51. The fourth-order valence-corrected chi connectivity index (χ4v) is 1.48. The molecular weight excluding hydrogens is 174 g/mol. The monoisotopic (exact) mass is 191 g/mol. The van der Waals surface area contributed by atoms with Gasteiger partial charge in [0.2, 0.25) is 0 Å². The summed E-state index contributed by atoms with van der Waals surface area (Å²) in [6.45, 7) is 3.80. The molecule has 4 heteroatoms. The van der Waals surface area contributed by atoms with Gasteiger partial charge in [-0.05, 0) is 13.3 Å². The molecule has 72 valence electrons. The largest absolute Gasteiger partial charge is 0.480 e. The van der Waals surface area contributed by atoms with Crippen LogP contribution in [0, 0.1) is 0 Å². The summed E-state index contributed by atoms with van der Waals surface area (Å²) in [6.07, 6.45) is 3.58. The van der Waals surface area contributed by atoms with Gasteiger partial charge < -0.3 is 5.11 Å². The van der Waals surface area contributed by atoms with Gasteiger partial charge >= 0.3 is 5.97 Å². The molecule has 0 radical (unpaired) electrons. The van der Waals surface area contributed by atoms with Crippen molar-refractivity contribution < 1.29 is 9.90 Å². The Balaban J connectivity index is 3.14. The van der Waals surface area contributed by atoms with Crippen molar-refractivity contribution in [3.63, 3.8) is 0 Å². The number of hydrogen-bond donors (Lipinski definition) is 2. The van der Waals surface area contributed by atoms with Crippen molar-refractivity contribution in [1.82, 2.24) is 4.72 Å². The molecule has 0 rings (SSSR count). The zero-order chi connectivity index (χ0) is 9.40. The van der Waals surface area contributed by atoms with E-state index in [1.807, 2.05) is 0 Å². The summed E-state index contributed by atoms with van der Waals surface area (Å²) in [6, 6.07) is -0.448. The number of aliphatic carboxylic acids is 1. The van der Waals surface area contributed by atoms with Crippen LogP contribution in [0.2, 0.25) is 0 Å². The van der Waals surface area contributed by atoms with E-state index in [1.165, 1.54) is 24.8 Å². The van der Waals surface area contributed by atoms with Crippen molar-refractivity contribution in [1.29, 1.82) is 0 Å². The summed E-state index contributed by atoms with van der Waals surface area (Å²) in [5.41, 5.74) is 0.